The predicted molar refractivity (Wildman–Crippen MR) is 99.6 cm³/mol. The molecule has 1 atom stereocenters. The molecule has 0 saturated carbocycles. The number of nitrogens with zero attached hydrogens (tertiary/aromatic N) is 1. The van der Waals surface area contributed by atoms with Gasteiger partial charge in [0, 0.05) is 28.0 Å². The number of aryl methyl sites for hydroxylation is 1. The maximum absolute atomic E-state index is 11.9. The molecule has 128 valence electrons. The summed E-state index contributed by atoms with van der Waals surface area (Å²) in [5, 5.41) is 13.3. The van der Waals surface area contributed by atoms with Crippen molar-refractivity contribution in [2.24, 2.45) is 0 Å². The van der Waals surface area contributed by atoms with Crippen molar-refractivity contribution >= 4 is 28.5 Å². The van der Waals surface area contributed by atoms with E-state index in [1.54, 1.807) is 6.07 Å². The van der Waals surface area contributed by atoms with Crippen LogP contribution in [0, 0.1) is 6.92 Å². The lowest BCUT2D eigenvalue weighted by Gasteiger charge is -2.24. The Bertz CT molecular complexity index is 922. The summed E-state index contributed by atoms with van der Waals surface area (Å²) in [6, 6.07) is 15.3. The topological polar surface area (TPSA) is 53.0 Å². The molecule has 0 bridgehead atoms. The molecular formula is C21H19ClNO2-. The van der Waals surface area contributed by atoms with Crippen LogP contribution in [0.3, 0.4) is 0 Å². The summed E-state index contributed by atoms with van der Waals surface area (Å²) in [4.78, 5) is 16.5. The molecule has 1 aromatic heterocycles. The average molecular weight is 353 g/mol. The number of hydrogen-bond acceptors (Lipinski definition) is 3. The Morgan fingerprint density at radius 1 is 1.20 bits per heavy atom. The van der Waals surface area contributed by atoms with Gasteiger partial charge in [-0.25, -0.2) is 0 Å². The standard InChI is InChI=1S/C21H20ClNO2/c1-3-7-16(21(24)25)19-13(2)23-18-11-10-15(22)12-17(18)20(19)14-8-5-4-6-9-14/h4-6,8-12,16H,3,7H2,1-2H3,(H,24,25)/p-1/t16-/m0/s1. The summed E-state index contributed by atoms with van der Waals surface area (Å²) >= 11 is 6.22. The van der Waals surface area contributed by atoms with Crippen molar-refractivity contribution in [2.45, 2.75) is 32.6 Å². The fraction of sp³-hybridized carbons (Fsp3) is 0.238. The predicted octanol–water partition coefficient (Wildman–Crippen LogP) is 4.50. The molecule has 0 radical (unpaired) electrons. The van der Waals surface area contributed by atoms with Crippen molar-refractivity contribution < 1.29 is 9.90 Å². The van der Waals surface area contributed by atoms with Crippen molar-refractivity contribution in [2.75, 3.05) is 0 Å². The van der Waals surface area contributed by atoms with E-state index < -0.39 is 11.9 Å². The highest BCUT2D eigenvalue weighted by Gasteiger charge is 2.22. The van der Waals surface area contributed by atoms with Crippen LogP contribution in [0.1, 0.15) is 36.9 Å². The van der Waals surface area contributed by atoms with Crippen LogP contribution in [0.2, 0.25) is 5.02 Å². The second-order valence-electron chi connectivity index (χ2n) is 6.17. The Labute approximate surface area is 152 Å². The largest absolute Gasteiger partial charge is 0.549 e. The first kappa shape index (κ1) is 17.4. The lowest BCUT2D eigenvalue weighted by molar-refractivity contribution is -0.308. The second-order valence-corrected chi connectivity index (χ2v) is 6.61. The molecule has 4 heteroatoms. The van der Waals surface area contributed by atoms with E-state index in [1.807, 2.05) is 56.3 Å². The van der Waals surface area contributed by atoms with Crippen molar-refractivity contribution in [3.63, 3.8) is 0 Å². The van der Waals surface area contributed by atoms with Gasteiger partial charge in [0.2, 0.25) is 0 Å². The highest BCUT2D eigenvalue weighted by Crippen LogP contribution is 2.39. The van der Waals surface area contributed by atoms with Gasteiger partial charge in [0.25, 0.3) is 0 Å². The molecule has 0 amide bonds. The number of aromatic nitrogens is 1. The Morgan fingerprint density at radius 2 is 1.92 bits per heavy atom. The molecule has 0 aliphatic heterocycles. The Hall–Kier alpha value is -2.39. The van der Waals surface area contributed by atoms with E-state index in [-0.39, 0.29) is 0 Å². The highest BCUT2D eigenvalue weighted by atomic mass is 35.5. The number of carbonyl (C=O) groups excluding carboxylic acids is 1. The zero-order valence-corrected chi connectivity index (χ0v) is 15.0. The molecular weight excluding hydrogens is 334 g/mol. The van der Waals surface area contributed by atoms with Crippen LogP contribution in [0.5, 0.6) is 0 Å². The smallest absolute Gasteiger partial charge is 0.0712 e. The van der Waals surface area contributed by atoms with Gasteiger partial charge in [-0.15, -0.1) is 0 Å². The summed E-state index contributed by atoms with van der Waals surface area (Å²) < 4.78 is 0. The number of aliphatic carboxylic acids is 1. The first-order valence-corrected chi connectivity index (χ1v) is 8.76. The highest BCUT2D eigenvalue weighted by molar-refractivity contribution is 6.31. The molecule has 0 saturated heterocycles. The van der Waals surface area contributed by atoms with Gasteiger partial charge in [0.1, 0.15) is 0 Å². The monoisotopic (exact) mass is 352 g/mol. The summed E-state index contributed by atoms with van der Waals surface area (Å²) in [7, 11) is 0. The summed E-state index contributed by atoms with van der Waals surface area (Å²) in [6.45, 7) is 3.83. The quantitative estimate of drug-likeness (QED) is 0.679. The lowest BCUT2D eigenvalue weighted by Crippen LogP contribution is -2.30. The third-order valence-electron chi connectivity index (χ3n) is 4.45. The number of rotatable bonds is 5. The van der Waals surface area contributed by atoms with Crippen LogP contribution < -0.4 is 5.11 Å². The molecule has 1 heterocycles. The van der Waals surface area contributed by atoms with Gasteiger partial charge in [-0.3, -0.25) is 4.98 Å². The number of halogens is 1. The molecule has 3 nitrogen and oxygen atoms in total. The number of carboxylic acids is 1. The molecule has 0 spiro atoms. The molecule has 0 aliphatic rings. The number of carboxylic acid groups (broad SMARTS) is 1. The number of carbonyl (C=O) groups is 1. The summed E-state index contributed by atoms with van der Waals surface area (Å²) in [5.41, 5.74) is 4.09. The van der Waals surface area contributed by atoms with E-state index in [4.69, 9.17) is 11.6 Å². The van der Waals surface area contributed by atoms with Crippen LogP contribution in [0.4, 0.5) is 0 Å². The minimum absolute atomic E-state index is 0.511. The van der Waals surface area contributed by atoms with E-state index in [0.717, 1.165) is 39.7 Å². The molecule has 0 aliphatic carbocycles. The van der Waals surface area contributed by atoms with E-state index in [9.17, 15) is 9.90 Å². The molecule has 25 heavy (non-hydrogen) atoms. The van der Waals surface area contributed by atoms with Gasteiger partial charge in [-0.1, -0.05) is 55.3 Å². The minimum Gasteiger partial charge on any atom is -0.549 e. The number of pyridine rings is 1. The molecule has 0 fully saturated rings. The molecule has 3 rings (SSSR count). The third-order valence-corrected chi connectivity index (χ3v) is 4.68. The minimum atomic E-state index is -1.06. The van der Waals surface area contributed by atoms with Gasteiger partial charge >= 0.3 is 0 Å². The summed E-state index contributed by atoms with van der Waals surface area (Å²) in [6.07, 6.45) is 1.26. The van der Waals surface area contributed by atoms with Crippen LogP contribution in [0.25, 0.3) is 22.0 Å². The third kappa shape index (κ3) is 3.38. The van der Waals surface area contributed by atoms with Gasteiger partial charge in [-0.2, -0.15) is 0 Å². The molecule has 0 N–H and O–H groups in total. The first-order chi connectivity index (χ1) is 12.0. The molecule has 0 unspecified atom stereocenters. The van der Waals surface area contributed by atoms with E-state index >= 15 is 0 Å². The second kappa shape index (κ2) is 7.24. The summed E-state index contributed by atoms with van der Waals surface area (Å²) in [5.74, 6) is -1.76. The fourth-order valence-electron chi connectivity index (χ4n) is 3.38. The number of benzene rings is 2. The Kier molecular flexibility index (Phi) is 5.05. The van der Waals surface area contributed by atoms with Gasteiger partial charge in [0.05, 0.1) is 5.52 Å². The van der Waals surface area contributed by atoms with Gasteiger partial charge in [0.15, 0.2) is 0 Å². The van der Waals surface area contributed by atoms with Crippen LogP contribution in [-0.4, -0.2) is 11.0 Å². The maximum Gasteiger partial charge on any atom is 0.0712 e. The maximum atomic E-state index is 11.9. The number of fused-ring (bicyclic) bond motifs is 1. The fourth-order valence-corrected chi connectivity index (χ4v) is 3.56. The van der Waals surface area contributed by atoms with Crippen molar-refractivity contribution in [3.05, 3.63) is 64.8 Å². The number of hydrogen-bond donors (Lipinski definition) is 0. The van der Waals surface area contributed by atoms with Gasteiger partial charge < -0.3 is 9.90 Å². The Balaban J connectivity index is 2.42. The zero-order chi connectivity index (χ0) is 18.0. The van der Waals surface area contributed by atoms with E-state index in [1.165, 1.54) is 0 Å². The average Bonchev–Trinajstić information content (AvgIpc) is 2.60. The van der Waals surface area contributed by atoms with Crippen LogP contribution in [-0.2, 0) is 4.79 Å². The van der Waals surface area contributed by atoms with Crippen molar-refractivity contribution in [1.29, 1.82) is 0 Å². The van der Waals surface area contributed by atoms with Gasteiger partial charge in [-0.05, 0) is 48.2 Å². The molecule has 3 aromatic rings. The van der Waals surface area contributed by atoms with Crippen molar-refractivity contribution in [1.82, 2.24) is 4.98 Å². The van der Waals surface area contributed by atoms with Crippen LogP contribution >= 0.6 is 11.6 Å². The normalized spacial score (nSPS) is 12.3. The zero-order valence-electron chi connectivity index (χ0n) is 14.3. The van der Waals surface area contributed by atoms with Crippen LogP contribution in [0.15, 0.2) is 48.5 Å². The first-order valence-electron chi connectivity index (χ1n) is 8.39. The molecule has 2 aromatic carbocycles. The Morgan fingerprint density at radius 3 is 2.56 bits per heavy atom. The van der Waals surface area contributed by atoms with Crippen molar-refractivity contribution in [3.8, 4) is 11.1 Å². The van der Waals surface area contributed by atoms with E-state index in [0.29, 0.717) is 11.4 Å². The lowest BCUT2D eigenvalue weighted by atomic mass is 9.85. The van der Waals surface area contributed by atoms with E-state index in [2.05, 4.69) is 4.98 Å². The SMILES string of the molecule is CCC[C@H](C(=O)[O-])c1c(C)nc2ccc(Cl)cc2c1-c1ccccc1.